The highest BCUT2D eigenvalue weighted by molar-refractivity contribution is 6.31. The standard InChI is InChI=1S/C14H14ClNO2/c1-2-18-14(17)10-5-4-9-11-7-8(15)3-6-12(11)16-13(9)10/h3,6-7,10,16H,2,4-5H2,1H3. The van der Waals surface area contributed by atoms with Gasteiger partial charge in [0.25, 0.3) is 0 Å². The van der Waals surface area contributed by atoms with Crippen molar-refractivity contribution in [3.63, 3.8) is 0 Å². The maximum absolute atomic E-state index is 11.9. The van der Waals surface area contributed by atoms with Gasteiger partial charge in [-0.2, -0.15) is 0 Å². The first-order valence-electron chi connectivity index (χ1n) is 6.17. The van der Waals surface area contributed by atoms with E-state index in [0.29, 0.717) is 6.61 Å². The number of esters is 1. The van der Waals surface area contributed by atoms with E-state index in [4.69, 9.17) is 16.3 Å². The van der Waals surface area contributed by atoms with Crippen LogP contribution in [0.25, 0.3) is 10.9 Å². The van der Waals surface area contributed by atoms with Gasteiger partial charge in [0.1, 0.15) is 0 Å². The summed E-state index contributed by atoms with van der Waals surface area (Å²) in [5.41, 5.74) is 3.26. The van der Waals surface area contributed by atoms with E-state index in [1.165, 1.54) is 5.56 Å². The lowest BCUT2D eigenvalue weighted by atomic mass is 10.1. The second-order valence-corrected chi connectivity index (χ2v) is 4.99. The van der Waals surface area contributed by atoms with Crippen LogP contribution in [0.5, 0.6) is 0 Å². The van der Waals surface area contributed by atoms with Crippen molar-refractivity contribution in [1.29, 1.82) is 0 Å². The Bertz CT molecular complexity index is 618. The molecular weight excluding hydrogens is 250 g/mol. The van der Waals surface area contributed by atoms with E-state index in [9.17, 15) is 4.79 Å². The average molecular weight is 264 g/mol. The fourth-order valence-corrected chi connectivity index (χ4v) is 2.89. The maximum Gasteiger partial charge on any atom is 0.314 e. The van der Waals surface area contributed by atoms with Crippen molar-refractivity contribution in [3.05, 3.63) is 34.5 Å². The molecule has 1 aromatic carbocycles. The summed E-state index contributed by atoms with van der Waals surface area (Å²) in [6.07, 6.45) is 1.72. The monoisotopic (exact) mass is 263 g/mol. The molecule has 1 atom stereocenters. The van der Waals surface area contributed by atoms with E-state index in [1.54, 1.807) is 0 Å². The number of rotatable bonds is 2. The molecule has 0 aliphatic heterocycles. The molecule has 4 heteroatoms. The molecule has 1 aliphatic carbocycles. The number of hydrogen-bond donors (Lipinski definition) is 1. The lowest BCUT2D eigenvalue weighted by Crippen LogP contribution is -2.13. The van der Waals surface area contributed by atoms with Crippen LogP contribution in [0.3, 0.4) is 0 Å². The molecule has 0 spiro atoms. The molecule has 0 bridgehead atoms. The van der Waals surface area contributed by atoms with Gasteiger partial charge in [-0.05, 0) is 43.5 Å². The van der Waals surface area contributed by atoms with Crippen LogP contribution >= 0.6 is 11.6 Å². The summed E-state index contributed by atoms with van der Waals surface area (Å²) in [5, 5.41) is 1.85. The van der Waals surface area contributed by atoms with Crippen LogP contribution in [0.1, 0.15) is 30.5 Å². The summed E-state index contributed by atoms with van der Waals surface area (Å²) < 4.78 is 5.12. The van der Waals surface area contributed by atoms with Crippen molar-refractivity contribution < 1.29 is 9.53 Å². The van der Waals surface area contributed by atoms with E-state index >= 15 is 0 Å². The number of H-pyrrole nitrogens is 1. The van der Waals surface area contributed by atoms with Crippen molar-refractivity contribution >= 4 is 28.5 Å². The van der Waals surface area contributed by atoms with E-state index in [2.05, 4.69) is 4.98 Å². The first-order valence-corrected chi connectivity index (χ1v) is 6.55. The minimum absolute atomic E-state index is 0.131. The summed E-state index contributed by atoms with van der Waals surface area (Å²) in [4.78, 5) is 15.2. The van der Waals surface area contributed by atoms with Crippen molar-refractivity contribution in [1.82, 2.24) is 4.98 Å². The Morgan fingerprint density at radius 1 is 1.56 bits per heavy atom. The van der Waals surface area contributed by atoms with E-state index in [0.717, 1.165) is 34.5 Å². The lowest BCUT2D eigenvalue weighted by molar-refractivity contribution is -0.144. The second-order valence-electron chi connectivity index (χ2n) is 4.55. The number of benzene rings is 1. The number of hydrogen-bond acceptors (Lipinski definition) is 2. The van der Waals surface area contributed by atoms with Crippen molar-refractivity contribution in [3.8, 4) is 0 Å². The highest BCUT2D eigenvalue weighted by atomic mass is 35.5. The number of aromatic amines is 1. The number of carbonyl (C=O) groups excluding carboxylic acids is 1. The molecule has 1 aromatic heterocycles. The Morgan fingerprint density at radius 2 is 2.39 bits per heavy atom. The molecule has 0 fully saturated rings. The Morgan fingerprint density at radius 3 is 3.17 bits per heavy atom. The van der Waals surface area contributed by atoms with Crippen LogP contribution in [0.15, 0.2) is 18.2 Å². The SMILES string of the molecule is CCOC(=O)C1CCc2c1[nH]c1ccc(Cl)cc21. The first-order chi connectivity index (χ1) is 8.70. The van der Waals surface area contributed by atoms with Gasteiger partial charge in [0.05, 0.1) is 12.5 Å². The van der Waals surface area contributed by atoms with Gasteiger partial charge in [-0.3, -0.25) is 4.79 Å². The molecule has 0 saturated heterocycles. The minimum atomic E-state index is -0.147. The largest absolute Gasteiger partial charge is 0.465 e. The van der Waals surface area contributed by atoms with E-state index < -0.39 is 0 Å². The van der Waals surface area contributed by atoms with Gasteiger partial charge in [0, 0.05) is 21.6 Å². The molecule has 0 amide bonds. The van der Waals surface area contributed by atoms with Gasteiger partial charge in [-0.25, -0.2) is 0 Å². The summed E-state index contributed by atoms with van der Waals surface area (Å²) in [7, 11) is 0. The van der Waals surface area contributed by atoms with Gasteiger partial charge in [-0.15, -0.1) is 0 Å². The molecule has 94 valence electrons. The predicted molar refractivity (Wildman–Crippen MR) is 71.0 cm³/mol. The van der Waals surface area contributed by atoms with Crippen molar-refractivity contribution in [2.75, 3.05) is 6.61 Å². The summed E-state index contributed by atoms with van der Waals surface area (Å²) in [6, 6.07) is 5.77. The van der Waals surface area contributed by atoms with Gasteiger partial charge >= 0.3 is 5.97 Å². The molecule has 1 N–H and O–H groups in total. The molecule has 0 saturated carbocycles. The van der Waals surface area contributed by atoms with Crippen molar-refractivity contribution in [2.24, 2.45) is 0 Å². The Hall–Kier alpha value is -1.48. The summed E-state index contributed by atoms with van der Waals surface area (Å²) in [6.45, 7) is 2.26. The van der Waals surface area contributed by atoms with Crippen LogP contribution in [0.2, 0.25) is 5.02 Å². The smallest absolute Gasteiger partial charge is 0.314 e. The normalized spacial score (nSPS) is 18.0. The number of halogens is 1. The number of fused-ring (bicyclic) bond motifs is 3. The number of carbonyl (C=O) groups is 1. The molecule has 0 radical (unpaired) electrons. The third kappa shape index (κ3) is 1.70. The highest BCUT2D eigenvalue weighted by Crippen LogP contribution is 2.38. The minimum Gasteiger partial charge on any atom is -0.465 e. The van der Waals surface area contributed by atoms with Crippen LogP contribution in [-0.2, 0) is 16.0 Å². The van der Waals surface area contributed by atoms with Crippen LogP contribution < -0.4 is 0 Å². The van der Waals surface area contributed by atoms with Crippen LogP contribution in [0.4, 0.5) is 0 Å². The van der Waals surface area contributed by atoms with Gasteiger partial charge < -0.3 is 9.72 Å². The summed E-state index contributed by atoms with van der Waals surface area (Å²) in [5.74, 6) is -0.278. The fourth-order valence-electron chi connectivity index (χ4n) is 2.72. The highest BCUT2D eigenvalue weighted by Gasteiger charge is 2.32. The molecule has 1 aliphatic rings. The second kappa shape index (κ2) is 4.32. The van der Waals surface area contributed by atoms with Gasteiger partial charge in [0.2, 0.25) is 0 Å². The van der Waals surface area contributed by atoms with E-state index in [1.807, 2.05) is 25.1 Å². The number of aromatic nitrogens is 1. The zero-order chi connectivity index (χ0) is 12.7. The fraction of sp³-hybridized carbons (Fsp3) is 0.357. The molecule has 1 heterocycles. The molecular formula is C14H14ClNO2. The maximum atomic E-state index is 11.9. The molecule has 18 heavy (non-hydrogen) atoms. The zero-order valence-corrected chi connectivity index (χ0v) is 10.9. The topological polar surface area (TPSA) is 42.1 Å². The predicted octanol–water partition coefficient (Wildman–Crippen LogP) is 3.41. The quantitative estimate of drug-likeness (QED) is 0.844. The third-order valence-electron chi connectivity index (χ3n) is 3.50. The third-order valence-corrected chi connectivity index (χ3v) is 3.74. The zero-order valence-electron chi connectivity index (χ0n) is 10.1. The molecule has 3 rings (SSSR count). The first kappa shape index (κ1) is 11.6. The number of aryl methyl sites for hydroxylation is 1. The Balaban J connectivity index is 2.06. The summed E-state index contributed by atoms with van der Waals surface area (Å²) >= 11 is 6.02. The molecule has 2 aromatic rings. The van der Waals surface area contributed by atoms with Crippen LogP contribution in [0, 0.1) is 0 Å². The van der Waals surface area contributed by atoms with E-state index in [-0.39, 0.29) is 11.9 Å². The number of nitrogens with one attached hydrogen (secondary N) is 1. The lowest BCUT2D eigenvalue weighted by Gasteiger charge is -2.08. The van der Waals surface area contributed by atoms with Gasteiger partial charge in [0.15, 0.2) is 0 Å². The number of ether oxygens (including phenoxy) is 1. The van der Waals surface area contributed by atoms with Crippen LogP contribution in [-0.4, -0.2) is 17.6 Å². The average Bonchev–Trinajstić information content (AvgIpc) is 2.88. The Labute approximate surface area is 110 Å². The van der Waals surface area contributed by atoms with Gasteiger partial charge in [-0.1, -0.05) is 11.6 Å². The molecule has 3 nitrogen and oxygen atoms in total. The Kier molecular flexibility index (Phi) is 2.78. The van der Waals surface area contributed by atoms with Crippen molar-refractivity contribution in [2.45, 2.75) is 25.7 Å². The molecule has 1 unspecified atom stereocenters.